The molecule has 128 valence electrons. The first-order chi connectivity index (χ1) is 11.0. The van der Waals surface area contributed by atoms with E-state index in [0.717, 1.165) is 12.8 Å². The molecule has 9 heteroatoms. The van der Waals surface area contributed by atoms with Crippen molar-refractivity contribution in [3.05, 3.63) is 34.0 Å². The van der Waals surface area contributed by atoms with E-state index in [1.54, 1.807) is 11.0 Å². The number of nitro benzene ring substituents is 1. The molecular weight excluding hydrogens is 334 g/mol. The maximum atomic E-state index is 12.8. The van der Waals surface area contributed by atoms with Crippen LogP contribution in [0, 0.1) is 22.0 Å². The van der Waals surface area contributed by atoms with E-state index in [-0.39, 0.29) is 35.7 Å². The maximum Gasteiger partial charge on any atom is 0.275 e. The van der Waals surface area contributed by atoms with Gasteiger partial charge in [-0.3, -0.25) is 20.0 Å². The Kier molecular flexibility index (Phi) is 4.18. The predicted molar refractivity (Wildman–Crippen MR) is 90.1 cm³/mol. The number of benzene rings is 1. The molecule has 1 aliphatic heterocycles. The average Bonchev–Trinajstić information content (AvgIpc) is 3.22. The highest BCUT2D eigenvalue weighted by Crippen LogP contribution is 2.38. The number of non-ortho nitro benzene ring substituents is 1. The first kappa shape index (κ1) is 16.7. The summed E-state index contributed by atoms with van der Waals surface area (Å²) in [5.41, 5.74) is 6.93. The quantitative estimate of drug-likeness (QED) is 0.630. The van der Waals surface area contributed by atoms with Crippen LogP contribution in [0.5, 0.6) is 0 Å². The van der Waals surface area contributed by atoms with Crippen LogP contribution >= 0.6 is 12.4 Å². The highest BCUT2D eigenvalue weighted by atomic mass is 35.5. The third-order valence-electron chi connectivity index (χ3n) is 5.16. The van der Waals surface area contributed by atoms with Gasteiger partial charge in [0.15, 0.2) is 5.69 Å². The van der Waals surface area contributed by atoms with Gasteiger partial charge in [-0.15, -0.1) is 12.4 Å². The summed E-state index contributed by atoms with van der Waals surface area (Å²) < 4.78 is 0. The van der Waals surface area contributed by atoms with Gasteiger partial charge in [0, 0.05) is 36.7 Å². The summed E-state index contributed by atoms with van der Waals surface area (Å²) in [6.07, 6.45) is 2.08. The Morgan fingerprint density at radius 1 is 1.38 bits per heavy atom. The van der Waals surface area contributed by atoms with Crippen molar-refractivity contribution in [3.8, 4) is 0 Å². The number of aromatic amines is 1. The molecule has 1 saturated carbocycles. The topological polar surface area (TPSA) is 118 Å². The molecule has 0 bridgehead atoms. The number of amides is 1. The van der Waals surface area contributed by atoms with E-state index in [9.17, 15) is 14.9 Å². The number of carbonyl (C=O) groups excluding carboxylic acids is 1. The lowest BCUT2D eigenvalue weighted by Crippen LogP contribution is -2.33. The number of fused-ring (bicyclic) bond motifs is 2. The van der Waals surface area contributed by atoms with Crippen LogP contribution in [0.4, 0.5) is 5.69 Å². The normalized spacial score (nSPS) is 25.5. The summed E-state index contributed by atoms with van der Waals surface area (Å²) in [5, 5.41) is 18.3. The standard InChI is InChI=1S/C15H17N5O3.ClH/c16-12-3-1-8-6-19(7-11(8)12)15(21)14-10-5-9(20(22)23)2-4-13(10)17-18-14;/h2,4-5,8,11-12H,1,3,6-7,16H2,(H,17,18);1H. The summed E-state index contributed by atoms with van der Waals surface area (Å²) in [7, 11) is 0. The second-order valence-electron chi connectivity index (χ2n) is 6.43. The third kappa shape index (κ3) is 2.51. The van der Waals surface area contributed by atoms with Crippen LogP contribution in [0.15, 0.2) is 18.2 Å². The number of carbonyl (C=O) groups is 1. The Balaban J connectivity index is 0.00000169. The van der Waals surface area contributed by atoms with Crippen LogP contribution in [0.2, 0.25) is 0 Å². The number of H-pyrrole nitrogens is 1. The van der Waals surface area contributed by atoms with Crippen molar-refractivity contribution in [1.82, 2.24) is 15.1 Å². The van der Waals surface area contributed by atoms with Crippen LogP contribution in [0.25, 0.3) is 10.9 Å². The van der Waals surface area contributed by atoms with Crippen molar-refractivity contribution >= 4 is 34.9 Å². The van der Waals surface area contributed by atoms with Crippen molar-refractivity contribution < 1.29 is 9.72 Å². The molecule has 1 aliphatic carbocycles. The van der Waals surface area contributed by atoms with Gasteiger partial charge in [0.1, 0.15) is 0 Å². The zero-order valence-electron chi connectivity index (χ0n) is 12.8. The van der Waals surface area contributed by atoms with Crippen LogP contribution in [-0.2, 0) is 0 Å². The Morgan fingerprint density at radius 2 is 2.17 bits per heavy atom. The van der Waals surface area contributed by atoms with Crippen molar-refractivity contribution in [2.75, 3.05) is 13.1 Å². The van der Waals surface area contributed by atoms with E-state index in [0.29, 0.717) is 35.8 Å². The fraction of sp³-hybridized carbons (Fsp3) is 0.467. The number of nitrogens with zero attached hydrogens (tertiary/aromatic N) is 3. The molecule has 1 amide bonds. The lowest BCUT2D eigenvalue weighted by Gasteiger charge is -2.17. The molecule has 2 heterocycles. The maximum absolute atomic E-state index is 12.8. The largest absolute Gasteiger partial charge is 0.337 e. The first-order valence-electron chi connectivity index (χ1n) is 7.72. The molecule has 3 atom stereocenters. The molecule has 4 rings (SSSR count). The second-order valence-corrected chi connectivity index (χ2v) is 6.43. The van der Waals surface area contributed by atoms with Gasteiger partial charge in [0.05, 0.1) is 10.4 Å². The van der Waals surface area contributed by atoms with E-state index in [2.05, 4.69) is 10.2 Å². The van der Waals surface area contributed by atoms with Gasteiger partial charge in [-0.2, -0.15) is 5.10 Å². The van der Waals surface area contributed by atoms with Crippen molar-refractivity contribution in [2.45, 2.75) is 18.9 Å². The van der Waals surface area contributed by atoms with Gasteiger partial charge in [0.25, 0.3) is 11.6 Å². The summed E-state index contributed by atoms with van der Waals surface area (Å²) >= 11 is 0. The molecule has 2 aromatic rings. The smallest absolute Gasteiger partial charge is 0.275 e. The summed E-state index contributed by atoms with van der Waals surface area (Å²) in [4.78, 5) is 25.0. The Hall–Kier alpha value is -2.19. The van der Waals surface area contributed by atoms with E-state index >= 15 is 0 Å². The molecule has 24 heavy (non-hydrogen) atoms. The van der Waals surface area contributed by atoms with Crippen LogP contribution in [0.3, 0.4) is 0 Å². The average molecular weight is 352 g/mol. The number of likely N-dealkylation sites (tertiary alicyclic amines) is 1. The van der Waals surface area contributed by atoms with Crippen LogP contribution in [-0.4, -0.2) is 45.1 Å². The highest BCUT2D eigenvalue weighted by molar-refractivity contribution is 6.05. The summed E-state index contributed by atoms with van der Waals surface area (Å²) in [6.45, 7) is 1.34. The Bertz CT molecular complexity index is 808. The lowest BCUT2D eigenvalue weighted by molar-refractivity contribution is -0.384. The summed E-state index contributed by atoms with van der Waals surface area (Å²) in [5.74, 6) is 0.644. The number of aromatic nitrogens is 2. The zero-order valence-corrected chi connectivity index (χ0v) is 13.7. The van der Waals surface area contributed by atoms with Gasteiger partial charge in [0.2, 0.25) is 0 Å². The molecule has 2 fully saturated rings. The van der Waals surface area contributed by atoms with Crippen molar-refractivity contribution in [1.29, 1.82) is 0 Å². The molecule has 1 saturated heterocycles. The Morgan fingerprint density at radius 3 is 2.88 bits per heavy atom. The fourth-order valence-electron chi connectivity index (χ4n) is 3.90. The van der Waals surface area contributed by atoms with Gasteiger partial charge >= 0.3 is 0 Å². The third-order valence-corrected chi connectivity index (χ3v) is 5.16. The SMILES string of the molecule is Cl.NC1CCC2CN(C(=O)c3n[nH]c4ccc([N+](=O)[O-])cc34)CC12. The van der Waals surface area contributed by atoms with Gasteiger partial charge in [-0.25, -0.2) is 0 Å². The highest BCUT2D eigenvalue weighted by Gasteiger charge is 2.43. The Labute approximate surface area is 143 Å². The molecule has 2 aliphatic rings. The minimum atomic E-state index is -0.472. The molecular formula is C15H18ClN5O3. The van der Waals surface area contributed by atoms with E-state index in [4.69, 9.17) is 5.73 Å². The van der Waals surface area contributed by atoms with Gasteiger partial charge < -0.3 is 10.6 Å². The lowest BCUT2D eigenvalue weighted by atomic mass is 9.98. The molecule has 8 nitrogen and oxygen atoms in total. The number of nitrogens with two attached hydrogens (primary N) is 1. The number of nitro groups is 1. The first-order valence-corrected chi connectivity index (χ1v) is 7.72. The zero-order chi connectivity index (χ0) is 16.1. The minimum absolute atomic E-state index is 0. The van der Waals surface area contributed by atoms with Crippen molar-refractivity contribution in [3.63, 3.8) is 0 Å². The summed E-state index contributed by atoms with van der Waals surface area (Å²) in [6, 6.07) is 4.53. The van der Waals surface area contributed by atoms with Gasteiger partial charge in [-0.1, -0.05) is 0 Å². The number of hydrogen-bond donors (Lipinski definition) is 2. The van der Waals surface area contributed by atoms with E-state index in [1.807, 2.05) is 0 Å². The molecule has 3 unspecified atom stereocenters. The molecule has 0 radical (unpaired) electrons. The molecule has 1 aromatic carbocycles. The number of nitrogens with one attached hydrogen (secondary N) is 1. The predicted octanol–water partition coefficient (Wildman–Crippen LogP) is 1.70. The molecule has 1 aromatic heterocycles. The fourth-order valence-corrected chi connectivity index (χ4v) is 3.90. The molecule has 3 N–H and O–H groups in total. The number of hydrogen-bond acceptors (Lipinski definition) is 5. The van der Waals surface area contributed by atoms with E-state index in [1.165, 1.54) is 12.1 Å². The number of rotatable bonds is 2. The van der Waals surface area contributed by atoms with Crippen molar-refractivity contribution in [2.24, 2.45) is 17.6 Å². The van der Waals surface area contributed by atoms with Gasteiger partial charge in [-0.05, 0) is 30.7 Å². The van der Waals surface area contributed by atoms with Crippen LogP contribution in [0.1, 0.15) is 23.3 Å². The van der Waals surface area contributed by atoms with Crippen LogP contribution < -0.4 is 5.73 Å². The van der Waals surface area contributed by atoms with E-state index < -0.39 is 4.92 Å². The minimum Gasteiger partial charge on any atom is -0.337 e. The number of halogens is 1. The second kappa shape index (κ2) is 6.03. The monoisotopic (exact) mass is 351 g/mol. The molecule has 0 spiro atoms.